The van der Waals surface area contributed by atoms with Crippen molar-refractivity contribution in [3.8, 4) is 23.8 Å². The van der Waals surface area contributed by atoms with E-state index < -0.39 is 20.5 Å². The molecule has 2 aliphatic rings. The average Bonchev–Trinajstić information content (AvgIpc) is 2.95. The van der Waals surface area contributed by atoms with Gasteiger partial charge in [-0.15, -0.1) is 6.42 Å². The van der Waals surface area contributed by atoms with Crippen molar-refractivity contribution in [1.29, 1.82) is 0 Å². The van der Waals surface area contributed by atoms with E-state index in [9.17, 15) is 4.79 Å². The lowest BCUT2D eigenvalue weighted by Crippen LogP contribution is -2.49. The molecule has 3 aromatic rings. The fourth-order valence-corrected chi connectivity index (χ4v) is 6.63. The van der Waals surface area contributed by atoms with Crippen LogP contribution in [0.15, 0.2) is 84.4 Å². The van der Waals surface area contributed by atoms with Gasteiger partial charge in [0.15, 0.2) is 8.32 Å². The summed E-state index contributed by atoms with van der Waals surface area (Å²) in [7, 11) is -2.09. The van der Waals surface area contributed by atoms with Crippen molar-refractivity contribution < 1.29 is 18.7 Å². The number of anilines is 1. The topological polar surface area (TPSA) is 48.0 Å². The van der Waals surface area contributed by atoms with Crippen LogP contribution in [0.2, 0.25) is 18.1 Å². The Morgan fingerprint density at radius 3 is 2.34 bits per heavy atom. The Morgan fingerprint density at radius 2 is 1.68 bits per heavy atom. The summed E-state index contributed by atoms with van der Waals surface area (Å²) in [5.41, 5.74) is 4.89. The lowest BCUT2D eigenvalue weighted by molar-refractivity contribution is 0.203. The number of nitrogens with zero attached hydrogens (tertiary/aromatic N) is 1. The second kappa shape index (κ2) is 11.6. The van der Waals surface area contributed by atoms with Crippen LogP contribution in [0.1, 0.15) is 51.2 Å². The predicted octanol–water partition coefficient (Wildman–Crippen LogP) is 8.61. The van der Waals surface area contributed by atoms with E-state index in [1.807, 2.05) is 66.7 Å². The molecule has 0 radical (unpaired) electrons. The molecule has 3 aromatic carbocycles. The molecule has 0 saturated carbocycles. The highest BCUT2D eigenvalue weighted by atomic mass is 28.4. The number of rotatable bonds is 6. The van der Waals surface area contributed by atoms with Crippen molar-refractivity contribution in [2.45, 2.75) is 76.9 Å². The molecule has 5 nitrogen and oxygen atoms in total. The van der Waals surface area contributed by atoms with Gasteiger partial charge in [-0.3, -0.25) is 4.90 Å². The molecule has 41 heavy (non-hydrogen) atoms. The van der Waals surface area contributed by atoms with Gasteiger partial charge in [0, 0.05) is 11.6 Å². The molecular formula is C35H39NO4Si. The quantitative estimate of drug-likeness (QED) is 0.222. The zero-order valence-electron chi connectivity index (χ0n) is 24.6. The van der Waals surface area contributed by atoms with Crippen LogP contribution in [-0.4, -0.2) is 26.6 Å². The number of hydrogen-bond acceptors (Lipinski definition) is 4. The molecule has 0 aromatic heterocycles. The summed E-state index contributed by atoms with van der Waals surface area (Å²) in [5.74, 6) is 4.06. The van der Waals surface area contributed by atoms with Gasteiger partial charge in [0.25, 0.3) is 0 Å². The summed E-state index contributed by atoms with van der Waals surface area (Å²) < 4.78 is 19.1. The minimum atomic E-state index is -2.09. The molecule has 0 bridgehead atoms. The van der Waals surface area contributed by atoms with Gasteiger partial charge in [0.1, 0.15) is 24.1 Å². The first-order valence-corrected chi connectivity index (χ1v) is 17.2. The van der Waals surface area contributed by atoms with Crippen molar-refractivity contribution in [2.24, 2.45) is 0 Å². The molecule has 0 spiro atoms. The second-order valence-corrected chi connectivity index (χ2v) is 17.0. The molecule has 1 aliphatic heterocycles. The monoisotopic (exact) mass is 565 g/mol. The molecular weight excluding hydrogens is 526 g/mol. The highest BCUT2D eigenvalue weighted by Gasteiger charge is 2.45. The van der Waals surface area contributed by atoms with Crippen molar-refractivity contribution in [1.82, 2.24) is 0 Å². The standard InChI is InChI=1S/C35H39NO4Si/c1-7-30-28-19-14-20-32(40-41(5,6)35(2,3)4)33(28)29-22-21-27(38-24-25-15-10-8-11-16-25)23-31(29)36(30)34(37)39-26-17-12-9-13-18-26/h1,8-13,15-18,21-23,30,32H,14,19-20,24H2,2-6H3. The van der Waals surface area contributed by atoms with E-state index in [0.29, 0.717) is 23.8 Å². The van der Waals surface area contributed by atoms with Crippen LogP contribution in [-0.2, 0) is 11.0 Å². The largest absolute Gasteiger partial charge is 0.489 e. The number of hydrogen-bond donors (Lipinski definition) is 0. The predicted molar refractivity (Wildman–Crippen MR) is 168 cm³/mol. The number of carbonyl (C=O) groups is 1. The fourth-order valence-electron chi connectivity index (χ4n) is 5.33. The molecule has 1 heterocycles. The Morgan fingerprint density at radius 1 is 1.00 bits per heavy atom. The van der Waals surface area contributed by atoms with Gasteiger partial charge in [0.2, 0.25) is 0 Å². The Kier molecular flexibility index (Phi) is 8.13. The summed E-state index contributed by atoms with van der Waals surface area (Å²) >= 11 is 0. The molecule has 2 atom stereocenters. The van der Waals surface area contributed by atoms with Gasteiger partial charge >= 0.3 is 6.09 Å². The number of fused-ring (bicyclic) bond motifs is 2. The van der Waals surface area contributed by atoms with Crippen LogP contribution >= 0.6 is 0 Å². The molecule has 1 aliphatic carbocycles. The molecule has 0 N–H and O–H groups in total. The van der Waals surface area contributed by atoms with E-state index in [2.05, 4.69) is 39.8 Å². The third-order valence-electron chi connectivity index (χ3n) is 8.48. The van der Waals surface area contributed by atoms with Crippen LogP contribution < -0.4 is 14.4 Å². The molecule has 5 rings (SSSR count). The third kappa shape index (κ3) is 5.97. The fraction of sp³-hybridized carbons (Fsp3) is 0.343. The summed E-state index contributed by atoms with van der Waals surface area (Å²) in [6.45, 7) is 11.8. The van der Waals surface area contributed by atoms with Gasteiger partial charge in [0.05, 0.1) is 11.8 Å². The van der Waals surface area contributed by atoms with E-state index in [1.54, 1.807) is 17.0 Å². The molecule has 6 heteroatoms. The van der Waals surface area contributed by atoms with Gasteiger partial charge in [-0.2, -0.15) is 0 Å². The number of amides is 1. The van der Waals surface area contributed by atoms with Gasteiger partial charge in [-0.05, 0) is 78.4 Å². The Balaban J connectivity index is 1.58. The van der Waals surface area contributed by atoms with E-state index in [-0.39, 0.29) is 11.1 Å². The van der Waals surface area contributed by atoms with Crippen molar-refractivity contribution in [3.63, 3.8) is 0 Å². The minimum Gasteiger partial charge on any atom is -0.489 e. The highest BCUT2D eigenvalue weighted by Crippen LogP contribution is 2.49. The molecule has 0 saturated heterocycles. The van der Waals surface area contributed by atoms with Gasteiger partial charge in [-0.25, -0.2) is 4.79 Å². The second-order valence-electron chi connectivity index (χ2n) is 12.3. The smallest absolute Gasteiger partial charge is 0.421 e. The first-order valence-electron chi connectivity index (χ1n) is 14.3. The van der Waals surface area contributed by atoms with Crippen LogP contribution in [0.3, 0.4) is 0 Å². The first-order chi connectivity index (χ1) is 19.6. The SMILES string of the molecule is C#CC1C2=C(c3ccc(OCc4ccccc4)cc3N1C(=O)Oc1ccccc1)C(O[Si](C)(C)C(C)(C)C)CCC2. The maximum Gasteiger partial charge on any atom is 0.421 e. The molecule has 2 unspecified atom stereocenters. The van der Waals surface area contributed by atoms with E-state index in [1.165, 1.54) is 0 Å². The lowest BCUT2D eigenvalue weighted by Gasteiger charge is -2.45. The minimum absolute atomic E-state index is 0.0643. The van der Waals surface area contributed by atoms with E-state index in [0.717, 1.165) is 41.5 Å². The van der Waals surface area contributed by atoms with Crippen LogP contribution in [0.5, 0.6) is 11.5 Å². The normalized spacial score (nSPS) is 18.7. The third-order valence-corrected chi connectivity index (χ3v) is 13.0. The van der Waals surface area contributed by atoms with Crippen molar-refractivity contribution >= 4 is 25.7 Å². The number of carbonyl (C=O) groups excluding carboxylic acids is 1. The molecule has 212 valence electrons. The van der Waals surface area contributed by atoms with Crippen molar-refractivity contribution in [3.05, 3.63) is 95.6 Å². The Bertz CT molecular complexity index is 1470. The maximum absolute atomic E-state index is 13.8. The molecule has 0 fully saturated rings. The van der Waals surface area contributed by atoms with Crippen LogP contribution in [0.4, 0.5) is 10.5 Å². The van der Waals surface area contributed by atoms with E-state index in [4.69, 9.17) is 20.3 Å². The van der Waals surface area contributed by atoms with Crippen LogP contribution in [0, 0.1) is 12.3 Å². The zero-order valence-corrected chi connectivity index (χ0v) is 25.6. The van der Waals surface area contributed by atoms with Gasteiger partial charge in [-0.1, -0.05) is 75.2 Å². The number of terminal acetylenes is 1. The summed E-state index contributed by atoms with van der Waals surface area (Å²) in [4.78, 5) is 15.4. The van der Waals surface area contributed by atoms with Gasteiger partial charge < -0.3 is 13.9 Å². The molecule has 1 amide bonds. The summed E-state index contributed by atoms with van der Waals surface area (Å²) in [6.07, 6.45) is 8.28. The first kappa shape index (κ1) is 28.7. The maximum atomic E-state index is 13.8. The average molecular weight is 566 g/mol. The lowest BCUT2D eigenvalue weighted by atomic mass is 9.78. The number of para-hydroxylation sites is 1. The Hall–Kier alpha value is -3.79. The highest BCUT2D eigenvalue weighted by molar-refractivity contribution is 6.74. The number of ether oxygens (including phenoxy) is 2. The zero-order chi connectivity index (χ0) is 29.2. The van der Waals surface area contributed by atoms with Crippen molar-refractivity contribution in [2.75, 3.05) is 4.90 Å². The van der Waals surface area contributed by atoms with E-state index >= 15 is 0 Å². The Labute approximate surface area is 245 Å². The summed E-state index contributed by atoms with van der Waals surface area (Å²) in [5, 5.41) is 0.0643. The van der Waals surface area contributed by atoms with Crippen LogP contribution in [0.25, 0.3) is 5.57 Å². The summed E-state index contributed by atoms with van der Waals surface area (Å²) in [6, 6.07) is 24.5. The number of benzene rings is 3.